The number of hydrogen-bond donors (Lipinski definition) is 2. The summed E-state index contributed by atoms with van der Waals surface area (Å²) in [5.41, 5.74) is 0.652. The number of allylic oxidation sites excluding steroid dienone is 1. The van der Waals surface area contributed by atoms with Crippen molar-refractivity contribution in [3.8, 4) is 11.5 Å². The third-order valence-electron chi connectivity index (χ3n) is 1.54. The van der Waals surface area contributed by atoms with Crippen LogP contribution in [0.15, 0.2) is 21.1 Å². The molecule has 0 radical (unpaired) electrons. The summed E-state index contributed by atoms with van der Waals surface area (Å²) in [5.74, 6) is 0.0459. The molecule has 13 heavy (non-hydrogen) atoms. The average Bonchev–Trinajstić information content (AvgIpc) is 2.11. The third-order valence-corrected chi connectivity index (χ3v) is 2.90. The smallest absolute Gasteiger partial charge is 0.147 e. The maximum atomic E-state index is 9.55. The fourth-order valence-corrected chi connectivity index (χ4v) is 2.08. The van der Waals surface area contributed by atoms with E-state index in [2.05, 4.69) is 31.9 Å². The molecule has 1 rings (SSSR count). The van der Waals surface area contributed by atoms with Crippen LogP contribution in [0.2, 0.25) is 0 Å². The lowest BCUT2D eigenvalue weighted by Gasteiger charge is -2.06. The molecule has 0 heterocycles. The van der Waals surface area contributed by atoms with Crippen LogP contribution in [0.4, 0.5) is 0 Å². The van der Waals surface area contributed by atoms with E-state index in [0.717, 1.165) is 0 Å². The van der Waals surface area contributed by atoms with Gasteiger partial charge in [-0.3, -0.25) is 0 Å². The van der Waals surface area contributed by atoms with Gasteiger partial charge in [0.05, 0.1) is 4.47 Å². The van der Waals surface area contributed by atoms with Crippen LogP contribution in [0.3, 0.4) is 0 Å². The molecule has 2 nitrogen and oxygen atoms in total. The van der Waals surface area contributed by atoms with Gasteiger partial charge in [0.2, 0.25) is 0 Å². The van der Waals surface area contributed by atoms with Crippen molar-refractivity contribution >= 4 is 37.9 Å². The van der Waals surface area contributed by atoms with Gasteiger partial charge in [-0.1, -0.05) is 12.2 Å². The van der Waals surface area contributed by atoms with Crippen molar-refractivity contribution in [3.63, 3.8) is 0 Å². The van der Waals surface area contributed by atoms with Crippen LogP contribution in [-0.4, -0.2) is 10.2 Å². The molecule has 0 aromatic heterocycles. The van der Waals surface area contributed by atoms with Crippen LogP contribution in [0.25, 0.3) is 6.08 Å². The second-order valence-corrected chi connectivity index (χ2v) is 4.11. The van der Waals surface area contributed by atoms with Gasteiger partial charge in [0.15, 0.2) is 0 Å². The average molecular weight is 308 g/mol. The van der Waals surface area contributed by atoms with Crippen LogP contribution in [0.1, 0.15) is 12.5 Å². The molecule has 0 aliphatic carbocycles. The third kappa shape index (κ3) is 2.06. The number of phenolic OH excluding ortho intramolecular Hbond substituents is 2. The molecule has 1 aromatic rings. The zero-order valence-corrected chi connectivity index (χ0v) is 10.1. The van der Waals surface area contributed by atoms with Crippen LogP contribution in [0.5, 0.6) is 11.5 Å². The summed E-state index contributed by atoms with van der Waals surface area (Å²) in [7, 11) is 0. The van der Waals surface area contributed by atoms with Gasteiger partial charge in [0.1, 0.15) is 16.0 Å². The van der Waals surface area contributed by atoms with E-state index in [1.54, 1.807) is 12.1 Å². The SMILES string of the molecule is CC=Cc1cc(Br)c(O)c(Br)c1O. The Labute approximate surface area is 93.2 Å². The van der Waals surface area contributed by atoms with Crippen molar-refractivity contribution in [2.45, 2.75) is 6.92 Å². The minimum absolute atomic E-state index is 0.00533. The second kappa shape index (κ2) is 4.15. The molecule has 70 valence electrons. The van der Waals surface area contributed by atoms with Gasteiger partial charge in [-0.2, -0.15) is 0 Å². The molecule has 4 heteroatoms. The first-order chi connectivity index (χ1) is 6.07. The van der Waals surface area contributed by atoms with E-state index in [4.69, 9.17) is 0 Å². The highest BCUT2D eigenvalue weighted by atomic mass is 79.9. The fraction of sp³-hybridized carbons (Fsp3) is 0.111. The van der Waals surface area contributed by atoms with Gasteiger partial charge < -0.3 is 10.2 Å². The Kier molecular flexibility index (Phi) is 3.39. The monoisotopic (exact) mass is 306 g/mol. The number of halogens is 2. The van der Waals surface area contributed by atoms with Crippen molar-refractivity contribution in [1.29, 1.82) is 0 Å². The molecule has 0 bridgehead atoms. The maximum absolute atomic E-state index is 9.55. The van der Waals surface area contributed by atoms with Gasteiger partial charge in [0, 0.05) is 5.56 Å². The molecular formula is C9H8Br2O2. The maximum Gasteiger partial charge on any atom is 0.147 e. The molecule has 0 atom stereocenters. The lowest BCUT2D eigenvalue weighted by Crippen LogP contribution is -1.79. The molecule has 0 amide bonds. The van der Waals surface area contributed by atoms with Crippen LogP contribution in [-0.2, 0) is 0 Å². The molecule has 0 saturated carbocycles. The van der Waals surface area contributed by atoms with Crippen molar-refractivity contribution in [3.05, 3.63) is 26.7 Å². The minimum atomic E-state index is 0.00533. The normalized spacial score (nSPS) is 11.0. The Morgan fingerprint density at radius 1 is 1.23 bits per heavy atom. The molecule has 2 N–H and O–H groups in total. The zero-order valence-electron chi connectivity index (χ0n) is 6.88. The van der Waals surface area contributed by atoms with E-state index in [1.807, 2.05) is 13.0 Å². The summed E-state index contributed by atoms with van der Waals surface area (Å²) in [4.78, 5) is 0. The Hall–Kier alpha value is -0.480. The molecule has 0 aliphatic heterocycles. The van der Waals surface area contributed by atoms with Gasteiger partial charge in [-0.25, -0.2) is 0 Å². The highest BCUT2D eigenvalue weighted by Crippen LogP contribution is 2.41. The predicted octanol–water partition coefficient (Wildman–Crippen LogP) is 3.66. The first-order valence-corrected chi connectivity index (χ1v) is 5.19. The molecule has 0 spiro atoms. The van der Waals surface area contributed by atoms with Gasteiger partial charge in [-0.15, -0.1) is 0 Å². The summed E-state index contributed by atoms with van der Waals surface area (Å²) >= 11 is 6.26. The molecule has 0 fully saturated rings. The minimum Gasteiger partial charge on any atom is -0.506 e. The fourth-order valence-electron chi connectivity index (χ4n) is 0.924. The van der Waals surface area contributed by atoms with Gasteiger partial charge in [-0.05, 0) is 44.8 Å². The van der Waals surface area contributed by atoms with Crippen molar-refractivity contribution in [1.82, 2.24) is 0 Å². The largest absolute Gasteiger partial charge is 0.506 e. The predicted molar refractivity (Wildman–Crippen MR) is 59.9 cm³/mol. The van der Waals surface area contributed by atoms with Crippen molar-refractivity contribution in [2.24, 2.45) is 0 Å². The molecular weight excluding hydrogens is 300 g/mol. The number of phenols is 2. The number of hydrogen-bond acceptors (Lipinski definition) is 2. The Morgan fingerprint density at radius 3 is 2.38 bits per heavy atom. The van der Waals surface area contributed by atoms with Crippen LogP contribution >= 0.6 is 31.9 Å². The standard InChI is InChI=1S/C9H8Br2O2/c1-2-3-5-4-6(10)9(13)7(11)8(5)12/h2-4,12-13H,1H3. The number of rotatable bonds is 1. The summed E-state index contributed by atoms with van der Waals surface area (Å²) in [6.07, 6.45) is 3.56. The summed E-state index contributed by atoms with van der Waals surface area (Å²) in [6, 6.07) is 1.65. The molecule has 0 saturated heterocycles. The number of benzene rings is 1. The Morgan fingerprint density at radius 2 is 1.85 bits per heavy atom. The van der Waals surface area contributed by atoms with Crippen molar-refractivity contribution in [2.75, 3.05) is 0 Å². The van der Waals surface area contributed by atoms with Crippen LogP contribution in [0, 0.1) is 0 Å². The van der Waals surface area contributed by atoms with Crippen molar-refractivity contribution < 1.29 is 10.2 Å². The van der Waals surface area contributed by atoms with E-state index in [1.165, 1.54) is 0 Å². The quantitative estimate of drug-likeness (QED) is 0.831. The highest BCUT2D eigenvalue weighted by Gasteiger charge is 2.11. The van der Waals surface area contributed by atoms with E-state index in [-0.39, 0.29) is 11.5 Å². The van der Waals surface area contributed by atoms with E-state index >= 15 is 0 Å². The lowest BCUT2D eigenvalue weighted by atomic mass is 10.2. The van der Waals surface area contributed by atoms with Crippen LogP contribution < -0.4 is 0 Å². The first-order valence-electron chi connectivity index (χ1n) is 3.60. The zero-order chi connectivity index (χ0) is 10.0. The summed E-state index contributed by atoms with van der Waals surface area (Å²) < 4.78 is 0.847. The number of aromatic hydroxyl groups is 2. The Balaban J connectivity index is 3.40. The summed E-state index contributed by atoms with van der Waals surface area (Å²) in [5, 5.41) is 19.0. The topological polar surface area (TPSA) is 40.5 Å². The van der Waals surface area contributed by atoms with E-state index in [9.17, 15) is 10.2 Å². The van der Waals surface area contributed by atoms with E-state index in [0.29, 0.717) is 14.5 Å². The highest BCUT2D eigenvalue weighted by molar-refractivity contribution is 9.11. The molecule has 1 aromatic carbocycles. The van der Waals surface area contributed by atoms with Gasteiger partial charge >= 0.3 is 0 Å². The second-order valence-electron chi connectivity index (χ2n) is 2.46. The molecule has 0 unspecified atom stereocenters. The van der Waals surface area contributed by atoms with E-state index < -0.39 is 0 Å². The lowest BCUT2D eigenvalue weighted by molar-refractivity contribution is 0.441. The summed E-state index contributed by atoms with van der Waals surface area (Å²) in [6.45, 7) is 1.86. The van der Waals surface area contributed by atoms with Gasteiger partial charge in [0.25, 0.3) is 0 Å². The molecule has 0 aliphatic rings. The Bertz CT molecular complexity index is 359. The first kappa shape index (κ1) is 10.6.